The van der Waals surface area contributed by atoms with Gasteiger partial charge in [0.05, 0.1) is 13.1 Å². The van der Waals surface area contributed by atoms with E-state index in [-0.39, 0.29) is 11.4 Å². The standard InChI is InChI=1S/C9H4FIO2S/c10-6-2-1-4(9(12)13)8-5(6)3-7(11)14-8/h1-3H,(H,12,13). The third-order valence-corrected chi connectivity index (χ3v) is 3.76. The number of carboxylic acids is 1. The van der Waals surface area contributed by atoms with Crippen LogP contribution >= 0.6 is 33.9 Å². The molecule has 72 valence electrons. The van der Waals surface area contributed by atoms with Crippen LogP contribution in [-0.4, -0.2) is 11.1 Å². The molecule has 2 nitrogen and oxygen atoms in total. The smallest absolute Gasteiger partial charge is 0.337 e. The molecular weight excluding hydrogens is 318 g/mol. The molecule has 0 aliphatic heterocycles. The summed E-state index contributed by atoms with van der Waals surface area (Å²) in [6, 6.07) is 4.14. The molecule has 0 unspecified atom stereocenters. The van der Waals surface area contributed by atoms with Crippen LogP contribution in [0.25, 0.3) is 10.1 Å². The fourth-order valence-electron chi connectivity index (χ4n) is 1.23. The minimum absolute atomic E-state index is 0.161. The van der Waals surface area contributed by atoms with Crippen LogP contribution in [0.2, 0.25) is 0 Å². The average molecular weight is 322 g/mol. The van der Waals surface area contributed by atoms with Crippen molar-refractivity contribution in [3.8, 4) is 0 Å². The fraction of sp³-hybridized carbons (Fsp3) is 0. The summed E-state index contributed by atoms with van der Waals surface area (Å²) >= 11 is 3.34. The lowest BCUT2D eigenvalue weighted by molar-refractivity contribution is 0.0699. The van der Waals surface area contributed by atoms with E-state index >= 15 is 0 Å². The Balaban J connectivity index is 2.87. The quantitative estimate of drug-likeness (QED) is 0.818. The van der Waals surface area contributed by atoms with E-state index in [0.29, 0.717) is 10.1 Å². The van der Waals surface area contributed by atoms with Crippen molar-refractivity contribution >= 4 is 50.0 Å². The number of carbonyl (C=O) groups is 1. The van der Waals surface area contributed by atoms with Gasteiger partial charge in [0.25, 0.3) is 0 Å². The summed E-state index contributed by atoms with van der Waals surface area (Å²) in [6.07, 6.45) is 0. The topological polar surface area (TPSA) is 37.3 Å². The summed E-state index contributed by atoms with van der Waals surface area (Å²) in [6.45, 7) is 0. The molecule has 2 rings (SSSR count). The highest BCUT2D eigenvalue weighted by atomic mass is 127. The van der Waals surface area contributed by atoms with Gasteiger partial charge in [0.15, 0.2) is 0 Å². The van der Waals surface area contributed by atoms with E-state index < -0.39 is 5.97 Å². The van der Waals surface area contributed by atoms with Gasteiger partial charge in [0.2, 0.25) is 0 Å². The molecule has 0 atom stereocenters. The van der Waals surface area contributed by atoms with Gasteiger partial charge in [0.1, 0.15) is 5.82 Å². The monoisotopic (exact) mass is 322 g/mol. The van der Waals surface area contributed by atoms with Crippen LogP contribution in [0.4, 0.5) is 4.39 Å². The summed E-state index contributed by atoms with van der Waals surface area (Å²) in [4.78, 5) is 10.8. The van der Waals surface area contributed by atoms with E-state index in [0.717, 1.165) is 2.88 Å². The van der Waals surface area contributed by atoms with Gasteiger partial charge in [-0.3, -0.25) is 0 Å². The highest BCUT2D eigenvalue weighted by Crippen LogP contribution is 2.31. The normalized spacial score (nSPS) is 10.7. The molecule has 0 radical (unpaired) electrons. The summed E-state index contributed by atoms with van der Waals surface area (Å²) in [5, 5.41) is 9.25. The molecule has 1 N–H and O–H groups in total. The Morgan fingerprint density at radius 1 is 1.50 bits per heavy atom. The maximum Gasteiger partial charge on any atom is 0.337 e. The lowest BCUT2D eigenvalue weighted by Crippen LogP contribution is -1.96. The number of hydrogen-bond acceptors (Lipinski definition) is 2. The zero-order valence-electron chi connectivity index (χ0n) is 6.75. The van der Waals surface area contributed by atoms with E-state index in [2.05, 4.69) is 0 Å². The lowest BCUT2D eigenvalue weighted by Gasteiger charge is -1.96. The Kier molecular flexibility index (Phi) is 2.44. The molecule has 0 fully saturated rings. The maximum absolute atomic E-state index is 13.3. The Bertz CT molecular complexity index is 521. The molecule has 14 heavy (non-hydrogen) atoms. The zero-order valence-corrected chi connectivity index (χ0v) is 9.73. The van der Waals surface area contributed by atoms with Gasteiger partial charge < -0.3 is 5.11 Å². The molecule has 0 saturated heterocycles. The van der Waals surface area contributed by atoms with Gasteiger partial charge in [-0.05, 0) is 40.8 Å². The fourth-order valence-corrected chi connectivity index (χ4v) is 3.10. The Labute approximate surface area is 96.5 Å². The van der Waals surface area contributed by atoms with E-state index in [1.165, 1.54) is 23.5 Å². The number of rotatable bonds is 1. The molecule has 0 spiro atoms. The molecule has 0 amide bonds. The molecule has 5 heteroatoms. The van der Waals surface area contributed by atoms with Crippen molar-refractivity contribution in [2.45, 2.75) is 0 Å². The molecule has 0 saturated carbocycles. The number of thiophene rings is 1. The van der Waals surface area contributed by atoms with Gasteiger partial charge >= 0.3 is 5.97 Å². The maximum atomic E-state index is 13.3. The van der Waals surface area contributed by atoms with Crippen molar-refractivity contribution in [3.05, 3.63) is 32.5 Å². The molecule has 1 aromatic carbocycles. The van der Waals surface area contributed by atoms with Gasteiger partial charge in [-0.25, -0.2) is 9.18 Å². The van der Waals surface area contributed by atoms with Crippen molar-refractivity contribution in [2.24, 2.45) is 0 Å². The number of fused-ring (bicyclic) bond motifs is 1. The zero-order chi connectivity index (χ0) is 10.3. The average Bonchev–Trinajstić information content (AvgIpc) is 2.47. The summed E-state index contributed by atoms with van der Waals surface area (Å²) in [5.41, 5.74) is 0.161. The van der Waals surface area contributed by atoms with E-state index in [9.17, 15) is 9.18 Å². The summed E-state index contributed by atoms with van der Waals surface area (Å²) < 4.78 is 14.6. The van der Waals surface area contributed by atoms with Crippen LogP contribution < -0.4 is 0 Å². The lowest BCUT2D eigenvalue weighted by atomic mass is 10.1. The van der Waals surface area contributed by atoms with Gasteiger partial charge in [0, 0.05) is 5.39 Å². The van der Waals surface area contributed by atoms with Crippen LogP contribution in [0.15, 0.2) is 18.2 Å². The minimum Gasteiger partial charge on any atom is -0.478 e. The predicted octanol–water partition coefficient (Wildman–Crippen LogP) is 3.34. The van der Waals surface area contributed by atoms with E-state index in [1.54, 1.807) is 6.07 Å². The first-order chi connectivity index (χ1) is 6.59. The number of carboxylic acid groups (broad SMARTS) is 1. The summed E-state index contributed by atoms with van der Waals surface area (Å²) in [5.74, 6) is -1.39. The van der Waals surface area contributed by atoms with Crippen molar-refractivity contribution in [1.82, 2.24) is 0 Å². The Hall–Kier alpha value is -0.690. The summed E-state index contributed by atoms with van der Waals surface area (Å²) in [7, 11) is 0. The largest absolute Gasteiger partial charge is 0.478 e. The third kappa shape index (κ3) is 1.50. The molecular formula is C9H4FIO2S. The second kappa shape index (κ2) is 3.47. The van der Waals surface area contributed by atoms with Crippen LogP contribution in [0, 0.1) is 8.70 Å². The molecule has 0 aliphatic carbocycles. The van der Waals surface area contributed by atoms with Crippen LogP contribution in [0.3, 0.4) is 0 Å². The first-order valence-corrected chi connectivity index (χ1v) is 5.60. The second-order valence-electron chi connectivity index (χ2n) is 2.69. The number of aromatic carboxylic acids is 1. The van der Waals surface area contributed by atoms with Gasteiger partial charge in [-0.2, -0.15) is 0 Å². The van der Waals surface area contributed by atoms with Crippen molar-refractivity contribution in [3.63, 3.8) is 0 Å². The van der Waals surface area contributed by atoms with Crippen molar-refractivity contribution in [2.75, 3.05) is 0 Å². The highest BCUT2D eigenvalue weighted by molar-refractivity contribution is 14.1. The van der Waals surface area contributed by atoms with E-state index in [4.69, 9.17) is 5.11 Å². The van der Waals surface area contributed by atoms with Gasteiger partial charge in [-0.1, -0.05) is 0 Å². The first kappa shape index (κ1) is 9.85. The van der Waals surface area contributed by atoms with Crippen LogP contribution in [0.5, 0.6) is 0 Å². The third-order valence-electron chi connectivity index (χ3n) is 1.83. The van der Waals surface area contributed by atoms with Gasteiger partial charge in [-0.15, -0.1) is 11.3 Å². The van der Waals surface area contributed by atoms with E-state index in [1.807, 2.05) is 22.6 Å². The highest BCUT2D eigenvalue weighted by Gasteiger charge is 2.13. The SMILES string of the molecule is O=C(O)c1ccc(F)c2cc(I)sc12. The van der Waals surface area contributed by atoms with Crippen LogP contribution in [-0.2, 0) is 0 Å². The second-order valence-corrected chi connectivity index (χ2v) is 5.64. The van der Waals surface area contributed by atoms with Crippen LogP contribution in [0.1, 0.15) is 10.4 Å². The van der Waals surface area contributed by atoms with Crippen molar-refractivity contribution < 1.29 is 14.3 Å². The number of halogens is 2. The molecule has 2 aromatic rings. The molecule has 1 aromatic heterocycles. The van der Waals surface area contributed by atoms with Crippen molar-refractivity contribution in [1.29, 1.82) is 0 Å². The Morgan fingerprint density at radius 3 is 2.86 bits per heavy atom. The predicted molar refractivity (Wildman–Crippen MR) is 61.5 cm³/mol. The molecule has 1 heterocycles. The molecule has 0 bridgehead atoms. The number of hydrogen-bond donors (Lipinski definition) is 1. The molecule has 0 aliphatic rings. The Morgan fingerprint density at radius 2 is 2.21 bits per heavy atom. The minimum atomic E-state index is -1.02. The number of benzene rings is 1. The first-order valence-electron chi connectivity index (χ1n) is 3.70.